The Balaban J connectivity index is 1.34. The Kier molecular flexibility index (Phi) is 5.71. The van der Waals surface area contributed by atoms with Gasteiger partial charge in [0.25, 0.3) is 0 Å². The molecule has 0 aliphatic carbocycles. The lowest BCUT2D eigenvalue weighted by Crippen LogP contribution is -1.97. The van der Waals surface area contributed by atoms with Gasteiger partial charge in [-0.15, -0.1) is 0 Å². The van der Waals surface area contributed by atoms with Gasteiger partial charge >= 0.3 is 5.97 Å². The third kappa shape index (κ3) is 4.64. The van der Waals surface area contributed by atoms with Crippen molar-refractivity contribution in [2.45, 2.75) is 6.61 Å². The van der Waals surface area contributed by atoms with Crippen molar-refractivity contribution < 1.29 is 14.6 Å². The molecule has 30 heavy (non-hydrogen) atoms. The van der Waals surface area contributed by atoms with E-state index in [0.717, 1.165) is 16.9 Å². The summed E-state index contributed by atoms with van der Waals surface area (Å²) in [6.45, 7) is 0.503. The zero-order valence-electron chi connectivity index (χ0n) is 16.2. The fourth-order valence-corrected chi connectivity index (χ4v) is 3.10. The summed E-state index contributed by atoms with van der Waals surface area (Å²) in [6, 6.07) is 28.6. The molecule has 0 heterocycles. The van der Waals surface area contributed by atoms with E-state index in [9.17, 15) is 4.79 Å². The number of rotatable bonds is 7. The second-order valence-corrected chi connectivity index (χ2v) is 6.75. The molecule has 0 saturated carbocycles. The third-order valence-electron chi connectivity index (χ3n) is 4.69. The van der Waals surface area contributed by atoms with Crippen LogP contribution in [0, 0.1) is 0 Å². The van der Waals surface area contributed by atoms with Gasteiger partial charge in [0, 0.05) is 0 Å². The predicted molar refractivity (Wildman–Crippen MR) is 119 cm³/mol. The van der Waals surface area contributed by atoms with Crippen LogP contribution < -0.4 is 10.2 Å². The lowest BCUT2D eigenvalue weighted by atomic mass is 10.1. The van der Waals surface area contributed by atoms with Crippen molar-refractivity contribution in [1.29, 1.82) is 0 Å². The van der Waals surface area contributed by atoms with Crippen molar-refractivity contribution in [3.8, 4) is 5.75 Å². The van der Waals surface area contributed by atoms with Crippen LogP contribution in [-0.2, 0) is 6.61 Å². The number of nitrogens with zero attached hydrogens (tertiary/aromatic N) is 1. The van der Waals surface area contributed by atoms with Crippen LogP contribution in [0.15, 0.2) is 96.1 Å². The van der Waals surface area contributed by atoms with E-state index in [4.69, 9.17) is 9.84 Å². The first-order chi connectivity index (χ1) is 14.7. The van der Waals surface area contributed by atoms with Crippen molar-refractivity contribution in [1.82, 2.24) is 0 Å². The number of nitrogens with one attached hydrogen (secondary N) is 1. The van der Waals surface area contributed by atoms with Gasteiger partial charge in [0.2, 0.25) is 0 Å². The number of aromatic carboxylic acids is 1. The minimum Gasteiger partial charge on any atom is -0.489 e. The molecule has 4 rings (SSSR count). The van der Waals surface area contributed by atoms with Crippen molar-refractivity contribution in [3.63, 3.8) is 0 Å². The highest BCUT2D eigenvalue weighted by molar-refractivity contribution is 5.88. The van der Waals surface area contributed by atoms with Crippen LogP contribution in [0.1, 0.15) is 21.5 Å². The van der Waals surface area contributed by atoms with Gasteiger partial charge in [-0.25, -0.2) is 4.79 Å². The molecule has 148 valence electrons. The van der Waals surface area contributed by atoms with Crippen LogP contribution in [0.4, 0.5) is 5.69 Å². The second-order valence-electron chi connectivity index (χ2n) is 6.75. The van der Waals surface area contributed by atoms with Crippen LogP contribution in [0.2, 0.25) is 0 Å². The van der Waals surface area contributed by atoms with Gasteiger partial charge in [-0.05, 0) is 70.4 Å². The highest BCUT2D eigenvalue weighted by Crippen LogP contribution is 2.21. The minimum absolute atomic E-state index is 0.239. The Morgan fingerprint density at radius 3 is 2.40 bits per heavy atom. The molecule has 4 aromatic carbocycles. The van der Waals surface area contributed by atoms with Crippen LogP contribution in [0.25, 0.3) is 10.8 Å². The molecule has 4 aromatic rings. The van der Waals surface area contributed by atoms with Crippen LogP contribution >= 0.6 is 0 Å². The maximum atomic E-state index is 10.9. The molecule has 0 aliphatic heterocycles. The summed E-state index contributed by atoms with van der Waals surface area (Å²) in [4.78, 5) is 10.9. The number of anilines is 1. The van der Waals surface area contributed by atoms with Gasteiger partial charge in [0.05, 0.1) is 17.5 Å². The molecule has 0 fully saturated rings. The summed E-state index contributed by atoms with van der Waals surface area (Å²) in [7, 11) is 0. The Morgan fingerprint density at radius 1 is 0.900 bits per heavy atom. The Bertz CT molecular complexity index is 1180. The molecule has 0 atom stereocenters. The first-order valence-corrected chi connectivity index (χ1v) is 9.51. The van der Waals surface area contributed by atoms with Crippen molar-refractivity contribution in [2.24, 2.45) is 5.10 Å². The summed E-state index contributed by atoms with van der Waals surface area (Å²) in [5.41, 5.74) is 5.90. The summed E-state index contributed by atoms with van der Waals surface area (Å²) in [6.07, 6.45) is 1.69. The second kappa shape index (κ2) is 8.92. The van der Waals surface area contributed by atoms with E-state index in [2.05, 4.69) is 34.8 Å². The van der Waals surface area contributed by atoms with Crippen LogP contribution in [0.3, 0.4) is 0 Å². The zero-order chi connectivity index (χ0) is 20.8. The summed E-state index contributed by atoms with van der Waals surface area (Å²) < 4.78 is 5.95. The first kappa shape index (κ1) is 19.2. The van der Waals surface area contributed by atoms with E-state index < -0.39 is 5.97 Å². The van der Waals surface area contributed by atoms with Crippen LogP contribution in [-0.4, -0.2) is 17.3 Å². The van der Waals surface area contributed by atoms with E-state index in [-0.39, 0.29) is 5.56 Å². The van der Waals surface area contributed by atoms with Gasteiger partial charge in [0.1, 0.15) is 12.4 Å². The van der Waals surface area contributed by atoms with Gasteiger partial charge in [-0.2, -0.15) is 5.10 Å². The smallest absolute Gasteiger partial charge is 0.335 e. The average molecular weight is 396 g/mol. The van der Waals surface area contributed by atoms with Gasteiger partial charge in [-0.1, -0.05) is 42.5 Å². The van der Waals surface area contributed by atoms with Crippen molar-refractivity contribution in [2.75, 3.05) is 5.43 Å². The standard InChI is InChI=1S/C25H20N2O3/c28-25(29)20-10-12-22(13-11-20)27-26-16-18-8-14-23(15-9-18)30-17-21-6-3-5-19-4-1-2-7-24(19)21/h1-16,27H,17H2,(H,28,29)/b26-16-. The Morgan fingerprint density at radius 2 is 1.63 bits per heavy atom. The quantitative estimate of drug-likeness (QED) is 0.317. The molecular formula is C25H20N2O3. The molecular weight excluding hydrogens is 376 g/mol. The van der Waals surface area contributed by atoms with Crippen molar-refractivity contribution >= 4 is 28.6 Å². The van der Waals surface area contributed by atoms with Gasteiger partial charge in [0.15, 0.2) is 0 Å². The first-order valence-electron chi connectivity index (χ1n) is 9.51. The van der Waals surface area contributed by atoms with E-state index in [1.54, 1.807) is 18.3 Å². The number of hydrazone groups is 1. The molecule has 5 nitrogen and oxygen atoms in total. The van der Waals surface area contributed by atoms with E-state index in [1.165, 1.54) is 22.9 Å². The molecule has 0 radical (unpaired) electrons. The van der Waals surface area contributed by atoms with E-state index in [1.807, 2.05) is 42.5 Å². The predicted octanol–water partition coefficient (Wildman–Crippen LogP) is 5.56. The number of hydrogen-bond donors (Lipinski definition) is 2. The van der Waals surface area contributed by atoms with Crippen LogP contribution in [0.5, 0.6) is 5.75 Å². The fraction of sp³-hybridized carbons (Fsp3) is 0.0400. The number of carboxylic acid groups (broad SMARTS) is 1. The average Bonchev–Trinajstić information content (AvgIpc) is 2.79. The van der Waals surface area contributed by atoms with Gasteiger partial charge < -0.3 is 9.84 Å². The summed E-state index contributed by atoms with van der Waals surface area (Å²) in [5.74, 6) is -0.162. The number of hydrogen-bond acceptors (Lipinski definition) is 4. The number of carbonyl (C=O) groups is 1. The molecule has 0 saturated heterocycles. The van der Waals surface area contributed by atoms with E-state index in [0.29, 0.717) is 12.3 Å². The number of fused-ring (bicyclic) bond motifs is 1. The lowest BCUT2D eigenvalue weighted by molar-refractivity contribution is 0.0697. The largest absolute Gasteiger partial charge is 0.489 e. The summed E-state index contributed by atoms with van der Waals surface area (Å²) >= 11 is 0. The Hall–Kier alpha value is -4.12. The highest BCUT2D eigenvalue weighted by Gasteiger charge is 2.02. The van der Waals surface area contributed by atoms with E-state index >= 15 is 0 Å². The SMILES string of the molecule is O=C(O)c1ccc(N/N=C\c2ccc(OCc3cccc4ccccc34)cc2)cc1. The highest BCUT2D eigenvalue weighted by atomic mass is 16.5. The number of benzene rings is 4. The molecule has 0 unspecified atom stereocenters. The molecule has 0 spiro atoms. The number of ether oxygens (including phenoxy) is 1. The third-order valence-corrected chi connectivity index (χ3v) is 4.69. The normalized spacial score (nSPS) is 10.9. The maximum absolute atomic E-state index is 10.9. The molecule has 2 N–H and O–H groups in total. The Labute approximate surface area is 174 Å². The number of carboxylic acids is 1. The fourth-order valence-electron chi connectivity index (χ4n) is 3.10. The lowest BCUT2D eigenvalue weighted by Gasteiger charge is -2.09. The molecule has 0 amide bonds. The minimum atomic E-state index is -0.951. The van der Waals surface area contributed by atoms with Crippen molar-refractivity contribution in [3.05, 3.63) is 108 Å². The topological polar surface area (TPSA) is 70.9 Å². The van der Waals surface area contributed by atoms with Gasteiger partial charge in [-0.3, -0.25) is 5.43 Å². The molecule has 0 aliphatic rings. The molecule has 5 heteroatoms. The summed E-state index contributed by atoms with van der Waals surface area (Å²) in [5, 5.41) is 15.5. The maximum Gasteiger partial charge on any atom is 0.335 e. The molecule has 0 bridgehead atoms. The molecule has 0 aromatic heterocycles. The monoisotopic (exact) mass is 396 g/mol. The zero-order valence-corrected chi connectivity index (χ0v) is 16.2.